The van der Waals surface area contributed by atoms with Crippen LogP contribution in [0.25, 0.3) is 6.08 Å². The molecule has 0 aromatic heterocycles. The summed E-state index contributed by atoms with van der Waals surface area (Å²) < 4.78 is 84.5. The molecule has 0 N–H and O–H groups in total. The Morgan fingerprint density at radius 2 is 1.58 bits per heavy atom. The van der Waals surface area contributed by atoms with Gasteiger partial charge in [-0.3, -0.25) is 0 Å². The van der Waals surface area contributed by atoms with Gasteiger partial charge in [0.05, 0.1) is 6.61 Å². The van der Waals surface area contributed by atoms with Gasteiger partial charge < -0.3 is 9.47 Å². The van der Waals surface area contributed by atoms with E-state index in [1.807, 2.05) is 0 Å². The minimum atomic E-state index is -6.01. The SMILES string of the molecule is C=Cc1ccc(CCOC(=O)C(OC)(C(F)(F)F)C(F)(F)F)cc1. The smallest absolute Gasteiger partial charge is 0.437 e. The van der Waals surface area contributed by atoms with E-state index in [1.54, 1.807) is 30.3 Å². The van der Waals surface area contributed by atoms with Gasteiger partial charge in [-0.2, -0.15) is 26.3 Å². The summed E-state index contributed by atoms with van der Waals surface area (Å²) in [6.45, 7) is 2.87. The van der Waals surface area contributed by atoms with Crippen LogP contribution in [0.1, 0.15) is 11.1 Å². The molecule has 0 bridgehead atoms. The predicted molar refractivity (Wildman–Crippen MR) is 73.0 cm³/mol. The van der Waals surface area contributed by atoms with Gasteiger partial charge in [0.1, 0.15) is 0 Å². The Morgan fingerprint density at radius 1 is 1.08 bits per heavy atom. The van der Waals surface area contributed by atoms with E-state index in [0.717, 1.165) is 5.56 Å². The van der Waals surface area contributed by atoms with Gasteiger partial charge in [0.2, 0.25) is 0 Å². The Kier molecular flexibility index (Phi) is 6.04. The van der Waals surface area contributed by atoms with E-state index in [9.17, 15) is 31.1 Å². The average molecular weight is 356 g/mol. The number of halogens is 6. The summed E-state index contributed by atoms with van der Waals surface area (Å²) >= 11 is 0. The van der Waals surface area contributed by atoms with Crippen LogP contribution in [0.3, 0.4) is 0 Å². The predicted octanol–water partition coefficient (Wildman–Crippen LogP) is 3.93. The quantitative estimate of drug-likeness (QED) is 0.572. The monoisotopic (exact) mass is 356 g/mol. The van der Waals surface area contributed by atoms with Crippen LogP contribution in [0.4, 0.5) is 26.3 Å². The molecule has 0 radical (unpaired) electrons. The second kappa shape index (κ2) is 7.25. The van der Waals surface area contributed by atoms with Crippen LogP contribution in [0.2, 0.25) is 0 Å². The number of methoxy groups -OCH3 is 1. The van der Waals surface area contributed by atoms with Crippen LogP contribution in [0.15, 0.2) is 30.8 Å². The van der Waals surface area contributed by atoms with Crippen molar-refractivity contribution in [2.75, 3.05) is 13.7 Å². The van der Waals surface area contributed by atoms with E-state index in [2.05, 4.69) is 16.1 Å². The molecule has 0 fully saturated rings. The largest absolute Gasteiger partial charge is 0.463 e. The zero-order valence-corrected chi connectivity index (χ0v) is 12.5. The van der Waals surface area contributed by atoms with Gasteiger partial charge in [-0.05, 0) is 11.1 Å². The summed E-state index contributed by atoms with van der Waals surface area (Å²) in [5, 5.41) is 0. The van der Waals surface area contributed by atoms with Gasteiger partial charge in [-0.15, -0.1) is 0 Å². The maximum Gasteiger partial charge on any atom is 0.437 e. The van der Waals surface area contributed by atoms with Crippen molar-refractivity contribution in [2.45, 2.75) is 24.4 Å². The average Bonchev–Trinajstić information content (AvgIpc) is 2.46. The molecule has 0 unspecified atom stereocenters. The topological polar surface area (TPSA) is 35.5 Å². The third-order valence-corrected chi connectivity index (χ3v) is 3.23. The number of esters is 1. The van der Waals surface area contributed by atoms with Gasteiger partial charge in [0, 0.05) is 13.5 Å². The number of hydrogen-bond donors (Lipinski definition) is 0. The minimum absolute atomic E-state index is 0.0569. The molecular weight excluding hydrogens is 342 g/mol. The van der Waals surface area contributed by atoms with Crippen LogP contribution in [-0.2, 0) is 20.7 Å². The highest BCUT2D eigenvalue weighted by atomic mass is 19.4. The fourth-order valence-electron chi connectivity index (χ4n) is 1.89. The van der Waals surface area contributed by atoms with E-state index >= 15 is 0 Å². The number of carbonyl (C=O) groups excluding carboxylic acids is 1. The van der Waals surface area contributed by atoms with Crippen LogP contribution in [-0.4, -0.2) is 37.6 Å². The standard InChI is InChI=1S/C15H14F6O3/c1-3-10-4-6-11(7-5-10)8-9-24-12(22)13(23-2,14(16,17)18)15(19,20)21/h3-7H,1,8-9H2,2H3. The molecule has 24 heavy (non-hydrogen) atoms. The second-order valence-corrected chi connectivity index (χ2v) is 4.71. The molecule has 0 atom stereocenters. The molecule has 0 heterocycles. The lowest BCUT2D eigenvalue weighted by molar-refractivity contribution is -0.363. The number of hydrogen-bond acceptors (Lipinski definition) is 3. The van der Waals surface area contributed by atoms with Gasteiger partial charge in [0.15, 0.2) is 0 Å². The summed E-state index contributed by atoms with van der Waals surface area (Å²) in [6, 6.07) is 6.47. The summed E-state index contributed by atoms with van der Waals surface area (Å²) in [4.78, 5) is 11.5. The number of alkyl halides is 6. The molecule has 3 nitrogen and oxygen atoms in total. The molecule has 0 amide bonds. The molecule has 0 saturated heterocycles. The Morgan fingerprint density at radius 3 is 1.96 bits per heavy atom. The summed E-state index contributed by atoms with van der Waals surface area (Å²) in [5.74, 6) is -2.55. The highest BCUT2D eigenvalue weighted by molar-refractivity contribution is 5.82. The number of benzene rings is 1. The molecule has 1 rings (SSSR count). The third kappa shape index (κ3) is 3.89. The Hall–Kier alpha value is -2.03. The van der Waals surface area contributed by atoms with Crippen molar-refractivity contribution in [3.05, 3.63) is 42.0 Å². The zero-order chi connectivity index (χ0) is 18.6. The molecule has 0 aliphatic rings. The van der Waals surface area contributed by atoms with Crippen LogP contribution in [0.5, 0.6) is 0 Å². The van der Waals surface area contributed by atoms with Gasteiger partial charge in [0.25, 0.3) is 0 Å². The normalized spacial score (nSPS) is 12.8. The molecule has 0 saturated carbocycles. The fourth-order valence-corrected chi connectivity index (χ4v) is 1.89. The first-order valence-electron chi connectivity index (χ1n) is 6.57. The lowest BCUT2D eigenvalue weighted by Crippen LogP contribution is -2.64. The molecule has 0 aliphatic heterocycles. The molecule has 134 valence electrons. The van der Waals surface area contributed by atoms with Crippen molar-refractivity contribution in [3.63, 3.8) is 0 Å². The van der Waals surface area contributed by atoms with E-state index in [1.165, 1.54) is 0 Å². The maximum absolute atomic E-state index is 12.8. The minimum Gasteiger partial charge on any atom is -0.463 e. The second-order valence-electron chi connectivity index (χ2n) is 4.71. The first kappa shape index (κ1) is 20.0. The Balaban J connectivity index is 2.84. The van der Waals surface area contributed by atoms with E-state index in [-0.39, 0.29) is 13.5 Å². The lowest BCUT2D eigenvalue weighted by Gasteiger charge is -2.33. The molecule has 0 spiro atoms. The van der Waals surface area contributed by atoms with Gasteiger partial charge >= 0.3 is 23.9 Å². The number of rotatable bonds is 6. The van der Waals surface area contributed by atoms with Gasteiger partial charge in [-0.1, -0.05) is 36.9 Å². The molecule has 9 heteroatoms. The first-order chi connectivity index (χ1) is 11.0. The Labute approximate surface area is 133 Å². The van der Waals surface area contributed by atoms with E-state index in [0.29, 0.717) is 5.56 Å². The summed E-state index contributed by atoms with van der Waals surface area (Å²) in [6.07, 6.45) is -10.5. The Bertz CT molecular complexity index is 560. The number of ether oxygens (including phenoxy) is 2. The lowest BCUT2D eigenvalue weighted by atomic mass is 10.0. The van der Waals surface area contributed by atoms with Crippen LogP contribution < -0.4 is 0 Å². The molecule has 0 aliphatic carbocycles. The van der Waals surface area contributed by atoms with Gasteiger partial charge in [-0.25, -0.2) is 4.79 Å². The van der Waals surface area contributed by atoms with Crippen LogP contribution in [0, 0.1) is 0 Å². The summed E-state index contributed by atoms with van der Waals surface area (Å²) in [7, 11) is 0.149. The number of carbonyl (C=O) groups is 1. The van der Waals surface area contributed by atoms with Crippen molar-refractivity contribution < 1.29 is 40.6 Å². The highest BCUT2D eigenvalue weighted by Gasteiger charge is 2.78. The summed E-state index contributed by atoms with van der Waals surface area (Å²) in [5.41, 5.74) is -3.66. The third-order valence-electron chi connectivity index (χ3n) is 3.23. The first-order valence-corrected chi connectivity index (χ1v) is 6.57. The highest BCUT2D eigenvalue weighted by Crippen LogP contribution is 2.46. The van der Waals surface area contributed by atoms with Crippen LogP contribution >= 0.6 is 0 Å². The zero-order valence-electron chi connectivity index (χ0n) is 12.5. The van der Waals surface area contributed by atoms with Crippen molar-refractivity contribution in [3.8, 4) is 0 Å². The molecular formula is C15H14F6O3. The maximum atomic E-state index is 12.8. The van der Waals surface area contributed by atoms with Crippen molar-refractivity contribution in [1.82, 2.24) is 0 Å². The van der Waals surface area contributed by atoms with E-state index < -0.39 is 30.5 Å². The van der Waals surface area contributed by atoms with Crippen molar-refractivity contribution in [2.24, 2.45) is 0 Å². The molecule has 1 aromatic carbocycles. The van der Waals surface area contributed by atoms with Crippen molar-refractivity contribution in [1.29, 1.82) is 0 Å². The van der Waals surface area contributed by atoms with Crippen molar-refractivity contribution >= 4 is 12.0 Å². The molecule has 1 aromatic rings. The van der Waals surface area contributed by atoms with E-state index in [4.69, 9.17) is 0 Å². The fraction of sp³-hybridized carbons (Fsp3) is 0.400.